The monoisotopic (exact) mass is 848 g/mol. The molecule has 0 N–H and O–H groups in total. The van der Waals surface area contributed by atoms with E-state index in [0.717, 1.165) is 77.0 Å². The molecule has 312 valence electrons. The van der Waals surface area contributed by atoms with Crippen molar-refractivity contribution in [3.05, 3.63) is 48.5 Å². The van der Waals surface area contributed by atoms with Gasteiger partial charge in [-0.1, -0.05) is 0 Å². The van der Waals surface area contributed by atoms with Gasteiger partial charge in [0.05, 0.1) is 0 Å². The van der Waals surface area contributed by atoms with Gasteiger partial charge in [0.2, 0.25) is 0 Å². The summed E-state index contributed by atoms with van der Waals surface area (Å²) >= 11 is 0. The van der Waals surface area contributed by atoms with Gasteiger partial charge in [-0.15, -0.1) is 0 Å². The van der Waals surface area contributed by atoms with Crippen LogP contribution in [0.15, 0.2) is 48.5 Å². The van der Waals surface area contributed by atoms with E-state index in [1.165, 1.54) is 9.69 Å². The first-order chi connectivity index (χ1) is 27.8. The molecule has 2 aromatic carbocycles. The summed E-state index contributed by atoms with van der Waals surface area (Å²) in [5.74, 6) is 0. The van der Waals surface area contributed by atoms with Gasteiger partial charge in [0.15, 0.2) is 0 Å². The molecule has 0 bridgehead atoms. The van der Waals surface area contributed by atoms with Crippen LogP contribution >= 0.6 is 22.9 Å². The van der Waals surface area contributed by atoms with Crippen LogP contribution in [0.25, 0.3) is 22.1 Å². The second-order valence-corrected chi connectivity index (χ2v) is 25.5. The normalized spacial score (nSPS) is 25.4. The number of benzene rings is 2. The van der Waals surface area contributed by atoms with Gasteiger partial charge < -0.3 is 0 Å². The Hall–Kier alpha value is -2.46. The van der Waals surface area contributed by atoms with Gasteiger partial charge in [-0.25, -0.2) is 0 Å². The first kappa shape index (κ1) is 38.7. The van der Waals surface area contributed by atoms with Crippen LogP contribution in [-0.4, -0.2) is 137 Å². The Morgan fingerprint density at radius 3 is 1.00 bits per heavy atom. The number of aromatic nitrogens is 6. The van der Waals surface area contributed by atoms with Crippen molar-refractivity contribution in [3.8, 4) is 0 Å². The predicted molar refractivity (Wildman–Crippen MR) is 218 cm³/mol. The molecule has 0 spiro atoms. The van der Waals surface area contributed by atoms with Crippen molar-refractivity contribution in [1.29, 1.82) is 0 Å². The van der Waals surface area contributed by atoms with E-state index in [1.54, 1.807) is 0 Å². The first-order valence-electron chi connectivity index (χ1n) is 21.2. The molecule has 6 saturated heterocycles. The second-order valence-electron chi connectivity index (χ2n) is 16.3. The molecule has 21 heteroatoms. The maximum absolute atomic E-state index is 19.1. The predicted octanol–water partition coefficient (Wildman–Crippen LogP) is 6.68. The van der Waals surface area contributed by atoms with Gasteiger partial charge in [0, 0.05) is 0 Å². The number of hydrogen-bond donors (Lipinski definition) is 0. The van der Waals surface area contributed by atoms with E-state index in [-0.39, 0.29) is 0 Å². The van der Waals surface area contributed by atoms with Crippen LogP contribution in [0.1, 0.15) is 77.0 Å². The van der Waals surface area contributed by atoms with Crippen LogP contribution in [0.4, 0.5) is 4.20 Å². The molecule has 17 nitrogen and oxygen atoms in total. The summed E-state index contributed by atoms with van der Waals surface area (Å²) < 4.78 is 77.7. The molecule has 0 saturated carbocycles. The molecule has 57 heavy (non-hydrogen) atoms. The summed E-state index contributed by atoms with van der Waals surface area (Å²) in [6.07, 6.45) is 10.3. The van der Waals surface area contributed by atoms with Gasteiger partial charge in [0.1, 0.15) is 0 Å². The maximum atomic E-state index is 19.1. The Morgan fingerprint density at radius 2 is 0.719 bits per heavy atom. The van der Waals surface area contributed by atoms with E-state index in [4.69, 9.17) is 17.9 Å². The van der Waals surface area contributed by atoms with Gasteiger partial charge in [0.25, 0.3) is 0 Å². The van der Waals surface area contributed by atoms with Gasteiger partial charge >= 0.3 is 334 Å². The molecule has 0 atom stereocenters. The average Bonchev–Trinajstić information content (AvgIpc) is 4.06. The Kier molecular flexibility index (Phi) is 10.1. The van der Waals surface area contributed by atoms with Crippen molar-refractivity contribution in [2.24, 2.45) is 0 Å². The summed E-state index contributed by atoms with van der Waals surface area (Å²) in [7, 11) is -15.7. The third-order valence-corrected chi connectivity index (χ3v) is 25.9. The van der Waals surface area contributed by atoms with Crippen molar-refractivity contribution >= 4 is 45.0 Å². The number of rotatable bonds is 14. The van der Waals surface area contributed by atoms with Crippen LogP contribution in [0.5, 0.6) is 0 Å². The number of hydrogen-bond acceptors (Lipinski definition) is 15. The van der Waals surface area contributed by atoms with Gasteiger partial charge in [-0.05, 0) is 0 Å². The minimum atomic E-state index is -5.75. The van der Waals surface area contributed by atoms with Crippen LogP contribution < -0.4 is 9.25 Å². The Bertz CT molecular complexity index is 1880. The standard InChI is InChI=1S/C36H56FN12O5P3/c37-55(50,53-56(42-21-5-6-22-42,43-23-7-8-24-43,44-25-9-10-26-44)51-48-35-19-3-1-17-33(35)38-40-48)54-57(45-27-11-12-28-45,46-29-13-14-30-46,47-31-15-16-32-47)52-49-36-20-4-2-18-34(36)39-41-49/h1-4,17-20H,5-16,21-32H2. The number of para-hydroxylation sites is 2. The molecular weight excluding hydrogens is 792 g/mol. The molecule has 10 rings (SSSR count). The fraction of sp³-hybridized carbons (Fsp3) is 0.667. The number of fused-ring (bicyclic) bond motifs is 2. The van der Waals surface area contributed by atoms with E-state index in [0.29, 0.717) is 101 Å². The van der Waals surface area contributed by atoms with E-state index < -0.39 is 22.9 Å². The zero-order chi connectivity index (χ0) is 38.6. The number of halogens is 1. The fourth-order valence-corrected chi connectivity index (χ4v) is 25.6. The van der Waals surface area contributed by atoms with Crippen molar-refractivity contribution in [3.63, 3.8) is 0 Å². The Morgan fingerprint density at radius 1 is 0.456 bits per heavy atom. The molecule has 6 fully saturated rings. The fourth-order valence-electron chi connectivity index (χ4n) is 10.4. The van der Waals surface area contributed by atoms with Crippen molar-refractivity contribution in [2.45, 2.75) is 77.0 Å². The first-order valence-corrected chi connectivity index (χ1v) is 26.5. The summed E-state index contributed by atoms with van der Waals surface area (Å²) in [5, 5.41) is 18.0. The van der Waals surface area contributed by atoms with Crippen molar-refractivity contribution < 1.29 is 26.6 Å². The summed E-state index contributed by atoms with van der Waals surface area (Å²) in [5.41, 5.74) is 2.51. The minimum absolute atomic E-state index is 0.576. The van der Waals surface area contributed by atoms with E-state index in [9.17, 15) is 0 Å². The molecule has 0 aliphatic carbocycles. The summed E-state index contributed by atoms with van der Waals surface area (Å²) in [6, 6.07) is 15.1. The molecule has 0 radical (unpaired) electrons. The van der Waals surface area contributed by atoms with Crippen LogP contribution in [0.3, 0.4) is 0 Å². The quantitative estimate of drug-likeness (QED) is 0.125. The van der Waals surface area contributed by atoms with Crippen molar-refractivity contribution in [1.82, 2.24) is 58.3 Å². The van der Waals surface area contributed by atoms with Crippen molar-refractivity contribution in [2.75, 3.05) is 78.5 Å². The molecule has 4 aromatic rings. The molecule has 8 heterocycles. The molecular formula is C36H56FN12O5P3. The zero-order valence-corrected chi connectivity index (χ0v) is 35.4. The molecule has 0 amide bonds. The summed E-state index contributed by atoms with van der Waals surface area (Å²) in [4.78, 5) is 2.81. The SMILES string of the molecule is O=P(F)(OP(On1nnc2ccccc21)(N1CCCC1)(N1CCCC1)N1CCCC1)OP(On1nnc2ccccc21)(N1CCCC1)(N1CCCC1)N1CCCC1. The molecule has 0 unspecified atom stereocenters. The third-order valence-electron chi connectivity index (χ3n) is 13.0. The number of nitrogens with zero attached hydrogens (tertiary/aromatic N) is 12. The average molecular weight is 849 g/mol. The topological polar surface area (TPSA) is 135 Å². The van der Waals surface area contributed by atoms with Crippen LogP contribution in [0, 0.1) is 0 Å². The van der Waals surface area contributed by atoms with E-state index in [1.807, 2.05) is 48.5 Å². The molecule has 6 aliphatic rings. The Labute approximate surface area is 333 Å². The molecule has 2 aromatic heterocycles. The van der Waals surface area contributed by atoms with E-state index in [2.05, 4.69) is 48.6 Å². The third kappa shape index (κ3) is 6.03. The van der Waals surface area contributed by atoms with Gasteiger partial charge in [-0.3, -0.25) is 0 Å². The molecule has 6 aliphatic heterocycles. The van der Waals surface area contributed by atoms with Crippen LogP contribution in [0.2, 0.25) is 0 Å². The van der Waals surface area contributed by atoms with E-state index >= 15 is 8.76 Å². The second kappa shape index (κ2) is 14.9. The Balaban J connectivity index is 1.20. The summed E-state index contributed by atoms with van der Waals surface area (Å²) in [6.45, 7) is 6.92. The van der Waals surface area contributed by atoms with Gasteiger partial charge in [-0.2, -0.15) is 0 Å². The zero-order valence-electron chi connectivity index (χ0n) is 32.7. The van der Waals surface area contributed by atoms with Crippen LogP contribution in [-0.2, 0) is 13.2 Å².